The highest BCUT2D eigenvalue weighted by atomic mass is 35.5. The molecule has 0 spiro atoms. The molecule has 0 aliphatic heterocycles. The number of hydrogen-bond acceptors (Lipinski definition) is 4. The van der Waals surface area contributed by atoms with Crippen LogP contribution >= 0.6 is 11.6 Å². The highest BCUT2D eigenvalue weighted by Gasteiger charge is 2.05. The zero-order valence-electron chi connectivity index (χ0n) is 10.3. The summed E-state index contributed by atoms with van der Waals surface area (Å²) in [7, 11) is 0. The summed E-state index contributed by atoms with van der Waals surface area (Å²) >= 11 is 5.99. The second-order valence-electron chi connectivity index (χ2n) is 4.12. The van der Waals surface area contributed by atoms with Crippen molar-refractivity contribution in [1.29, 1.82) is 0 Å². The lowest BCUT2D eigenvalue weighted by Gasteiger charge is -2.07. The quantitative estimate of drug-likeness (QED) is 0.804. The largest absolute Gasteiger partial charge is 0.484 e. The highest BCUT2D eigenvalue weighted by molar-refractivity contribution is 6.32. The topological polar surface area (TPSA) is 67.9 Å². The van der Waals surface area contributed by atoms with Crippen LogP contribution in [0, 0.1) is 0 Å². The van der Waals surface area contributed by atoms with Crippen molar-refractivity contribution >= 4 is 22.5 Å². The van der Waals surface area contributed by atoms with Crippen molar-refractivity contribution in [1.82, 2.24) is 15.0 Å². The van der Waals surface area contributed by atoms with E-state index < -0.39 is 0 Å². The maximum atomic E-state index is 11.9. The third-order valence-electron chi connectivity index (χ3n) is 2.76. The van der Waals surface area contributed by atoms with E-state index in [0.717, 1.165) is 0 Å². The van der Waals surface area contributed by atoms with E-state index in [2.05, 4.69) is 15.0 Å². The molecule has 0 aliphatic carbocycles. The number of para-hydroxylation sites is 1. The maximum absolute atomic E-state index is 11.9. The van der Waals surface area contributed by atoms with Crippen LogP contribution in [0.5, 0.6) is 5.75 Å². The average molecular weight is 288 g/mol. The molecule has 6 heteroatoms. The summed E-state index contributed by atoms with van der Waals surface area (Å²) in [5.74, 6) is 0.971. The normalized spacial score (nSPS) is 10.7. The first-order valence-corrected chi connectivity index (χ1v) is 6.32. The Kier molecular flexibility index (Phi) is 3.35. The second-order valence-corrected chi connectivity index (χ2v) is 4.53. The number of benzene rings is 1. The Balaban J connectivity index is 1.88. The molecule has 0 atom stereocenters. The number of nitrogens with one attached hydrogen (secondary N) is 1. The van der Waals surface area contributed by atoms with Crippen molar-refractivity contribution in [2.24, 2.45) is 0 Å². The summed E-state index contributed by atoms with van der Waals surface area (Å²) in [5, 5.41) is 1.01. The molecule has 0 aliphatic rings. The third-order valence-corrected chi connectivity index (χ3v) is 3.07. The number of pyridine rings is 1. The van der Waals surface area contributed by atoms with Crippen LogP contribution in [0.4, 0.5) is 0 Å². The fraction of sp³-hybridized carbons (Fsp3) is 0.0714. The van der Waals surface area contributed by atoms with Gasteiger partial charge in [-0.05, 0) is 18.2 Å². The molecule has 0 saturated heterocycles. The SMILES string of the molecule is O=c1[nH]c(COc2ccccc2Cl)nc2cnccc12. The van der Waals surface area contributed by atoms with Crippen LogP contribution in [-0.2, 0) is 6.61 Å². The van der Waals surface area contributed by atoms with E-state index in [-0.39, 0.29) is 12.2 Å². The molecule has 1 N–H and O–H groups in total. The maximum Gasteiger partial charge on any atom is 0.258 e. The summed E-state index contributed by atoms with van der Waals surface area (Å²) in [6, 6.07) is 8.75. The number of rotatable bonds is 3. The lowest BCUT2D eigenvalue weighted by atomic mass is 10.3. The van der Waals surface area contributed by atoms with Gasteiger partial charge in [-0.25, -0.2) is 4.98 Å². The molecule has 2 aromatic heterocycles. The minimum absolute atomic E-state index is 0.129. The van der Waals surface area contributed by atoms with Gasteiger partial charge in [0.15, 0.2) is 0 Å². The first kappa shape index (κ1) is 12.6. The molecule has 0 radical (unpaired) electrons. The van der Waals surface area contributed by atoms with Gasteiger partial charge < -0.3 is 9.72 Å². The van der Waals surface area contributed by atoms with Gasteiger partial charge in [0.25, 0.3) is 5.56 Å². The van der Waals surface area contributed by atoms with Gasteiger partial charge in [0.1, 0.15) is 18.2 Å². The number of halogens is 1. The van der Waals surface area contributed by atoms with E-state index in [0.29, 0.717) is 27.5 Å². The van der Waals surface area contributed by atoms with Gasteiger partial charge in [-0.3, -0.25) is 9.78 Å². The van der Waals surface area contributed by atoms with Crippen LogP contribution in [0.25, 0.3) is 10.9 Å². The molecule has 2 heterocycles. The van der Waals surface area contributed by atoms with Crippen LogP contribution < -0.4 is 10.3 Å². The lowest BCUT2D eigenvalue weighted by molar-refractivity contribution is 0.296. The van der Waals surface area contributed by atoms with E-state index in [9.17, 15) is 4.79 Å². The molecule has 5 nitrogen and oxygen atoms in total. The number of ether oxygens (including phenoxy) is 1. The first-order chi connectivity index (χ1) is 9.74. The van der Waals surface area contributed by atoms with Crippen molar-refractivity contribution in [2.45, 2.75) is 6.61 Å². The van der Waals surface area contributed by atoms with Gasteiger partial charge >= 0.3 is 0 Å². The Bertz CT molecular complexity index is 817. The lowest BCUT2D eigenvalue weighted by Crippen LogP contribution is -2.13. The van der Waals surface area contributed by atoms with Crippen LogP contribution in [-0.4, -0.2) is 15.0 Å². The second kappa shape index (κ2) is 5.30. The number of H-pyrrole nitrogens is 1. The van der Waals surface area contributed by atoms with Crippen molar-refractivity contribution in [3.05, 3.63) is 63.9 Å². The van der Waals surface area contributed by atoms with Crippen molar-refractivity contribution in [3.8, 4) is 5.75 Å². The van der Waals surface area contributed by atoms with E-state index in [1.165, 1.54) is 0 Å². The Morgan fingerprint density at radius 3 is 2.95 bits per heavy atom. The molecule has 0 bridgehead atoms. The summed E-state index contributed by atoms with van der Waals surface area (Å²) in [6.07, 6.45) is 3.10. The van der Waals surface area contributed by atoms with E-state index in [4.69, 9.17) is 16.3 Å². The van der Waals surface area contributed by atoms with Crippen molar-refractivity contribution < 1.29 is 4.74 Å². The minimum atomic E-state index is -0.213. The van der Waals surface area contributed by atoms with Crippen LogP contribution in [0.2, 0.25) is 5.02 Å². The summed E-state index contributed by atoms with van der Waals surface area (Å²) in [5.41, 5.74) is 0.323. The van der Waals surface area contributed by atoms with E-state index in [1.807, 2.05) is 12.1 Å². The summed E-state index contributed by atoms with van der Waals surface area (Å²) < 4.78 is 5.54. The molecular weight excluding hydrogens is 278 g/mol. The van der Waals surface area contributed by atoms with Crippen LogP contribution in [0.3, 0.4) is 0 Å². The van der Waals surface area contributed by atoms with Gasteiger partial charge in [-0.1, -0.05) is 23.7 Å². The zero-order chi connectivity index (χ0) is 13.9. The monoisotopic (exact) mass is 287 g/mol. The molecule has 0 unspecified atom stereocenters. The van der Waals surface area contributed by atoms with Gasteiger partial charge in [0, 0.05) is 6.20 Å². The summed E-state index contributed by atoms with van der Waals surface area (Å²) in [4.78, 5) is 22.8. The van der Waals surface area contributed by atoms with E-state index >= 15 is 0 Å². The van der Waals surface area contributed by atoms with Crippen molar-refractivity contribution in [3.63, 3.8) is 0 Å². The number of fused-ring (bicyclic) bond motifs is 1. The molecule has 20 heavy (non-hydrogen) atoms. The van der Waals surface area contributed by atoms with Crippen LogP contribution in [0.1, 0.15) is 5.82 Å². The first-order valence-electron chi connectivity index (χ1n) is 5.94. The average Bonchev–Trinajstić information content (AvgIpc) is 2.46. The molecule has 0 amide bonds. The number of nitrogens with zero attached hydrogens (tertiary/aromatic N) is 2. The molecular formula is C14H10ClN3O2. The Morgan fingerprint density at radius 1 is 1.25 bits per heavy atom. The third kappa shape index (κ3) is 2.48. The number of aromatic nitrogens is 3. The van der Waals surface area contributed by atoms with Gasteiger partial charge in [-0.15, -0.1) is 0 Å². The summed E-state index contributed by atoms with van der Waals surface area (Å²) in [6.45, 7) is 0.129. The molecule has 0 fully saturated rings. The predicted octanol–water partition coefficient (Wildman–Crippen LogP) is 2.55. The molecule has 100 valence electrons. The Morgan fingerprint density at radius 2 is 2.10 bits per heavy atom. The number of aromatic amines is 1. The standard InChI is InChI=1S/C14H10ClN3O2/c15-10-3-1-2-4-12(10)20-8-13-17-11-7-16-6-5-9(11)14(19)18-13/h1-7H,8H2,(H,17,18,19). The fourth-order valence-corrected chi connectivity index (χ4v) is 2.01. The van der Waals surface area contributed by atoms with E-state index in [1.54, 1.807) is 30.6 Å². The van der Waals surface area contributed by atoms with Gasteiger partial charge in [0.2, 0.25) is 0 Å². The van der Waals surface area contributed by atoms with Gasteiger partial charge in [-0.2, -0.15) is 0 Å². The number of hydrogen-bond donors (Lipinski definition) is 1. The van der Waals surface area contributed by atoms with Crippen LogP contribution in [0.15, 0.2) is 47.5 Å². The smallest absolute Gasteiger partial charge is 0.258 e. The minimum Gasteiger partial charge on any atom is -0.484 e. The Hall–Kier alpha value is -2.40. The van der Waals surface area contributed by atoms with Gasteiger partial charge in [0.05, 0.1) is 22.1 Å². The molecule has 3 rings (SSSR count). The fourth-order valence-electron chi connectivity index (χ4n) is 1.82. The highest BCUT2D eigenvalue weighted by Crippen LogP contribution is 2.23. The zero-order valence-corrected chi connectivity index (χ0v) is 11.1. The predicted molar refractivity (Wildman–Crippen MR) is 75.9 cm³/mol. The molecule has 0 saturated carbocycles. The molecule has 3 aromatic rings. The Labute approximate surface area is 119 Å². The molecule has 1 aromatic carbocycles. The van der Waals surface area contributed by atoms with Crippen molar-refractivity contribution in [2.75, 3.05) is 0 Å².